The number of nitrogens with one attached hydrogen (secondary N) is 1. The van der Waals surface area contributed by atoms with Gasteiger partial charge in [0, 0.05) is 12.7 Å². The second-order valence-electron chi connectivity index (χ2n) is 5.72. The Morgan fingerprint density at radius 2 is 2.22 bits per heavy atom. The summed E-state index contributed by atoms with van der Waals surface area (Å²) in [6, 6.07) is 3.76. The number of amides is 1. The van der Waals surface area contributed by atoms with E-state index in [0.717, 1.165) is 30.2 Å². The molecule has 1 N–H and O–H groups in total. The third-order valence-corrected chi connectivity index (χ3v) is 4.78. The summed E-state index contributed by atoms with van der Waals surface area (Å²) in [7, 11) is 0. The number of anilines is 1. The summed E-state index contributed by atoms with van der Waals surface area (Å²) in [6.07, 6.45) is -2.32. The van der Waals surface area contributed by atoms with Gasteiger partial charge in [-0.15, -0.1) is 13.2 Å². The number of carbonyl (C=O) groups excluding carboxylic acids is 1. The van der Waals surface area contributed by atoms with Crippen LogP contribution in [0.25, 0.3) is 10.2 Å². The predicted molar refractivity (Wildman–Crippen MR) is 88.7 cm³/mol. The number of ether oxygens (including phenoxy) is 2. The molecule has 1 aromatic carbocycles. The molecule has 7 nitrogen and oxygen atoms in total. The first-order chi connectivity index (χ1) is 12.9. The lowest BCUT2D eigenvalue weighted by molar-refractivity contribution is -0.274. The van der Waals surface area contributed by atoms with Crippen molar-refractivity contribution in [1.82, 2.24) is 9.97 Å². The Morgan fingerprint density at radius 3 is 2.96 bits per heavy atom. The Balaban J connectivity index is 1.53. The smallest absolute Gasteiger partial charge is 0.445 e. The van der Waals surface area contributed by atoms with Gasteiger partial charge in [-0.05, 0) is 25.0 Å². The Hall–Kier alpha value is -2.66. The van der Waals surface area contributed by atoms with Crippen LogP contribution in [0.15, 0.2) is 29.0 Å². The van der Waals surface area contributed by atoms with Gasteiger partial charge in [-0.3, -0.25) is 10.1 Å². The number of hydrogen-bond acceptors (Lipinski definition) is 7. The lowest BCUT2D eigenvalue weighted by Gasteiger charge is -2.07. The highest BCUT2D eigenvalue weighted by atomic mass is 32.1. The number of oxazole rings is 1. The van der Waals surface area contributed by atoms with Gasteiger partial charge < -0.3 is 13.9 Å². The van der Waals surface area contributed by atoms with E-state index in [1.165, 1.54) is 18.5 Å². The van der Waals surface area contributed by atoms with Crippen molar-refractivity contribution in [2.75, 3.05) is 11.9 Å². The third-order valence-electron chi connectivity index (χ3n) is 3.85. The molecule has 4 rings (SSSR count). The molecule has 1 aliphatic heterocycles. The molecule has 1 aliphatic rings. The molecule has 27 heavy (non-hydrogen) atoms. The molecule has 0 spiro atoms. The van der Waals surface area contributed by atoms with Crippen LogP contribution in [-0.2, 0) is 4.74 Å². The maximum absolute atomic E-state index is 12.5. The van der Waals surface area contributed by atoms with Crippen LogP contribution in [-0.4, -0.2) is 28.8 Å². The van der Waals surface area contributed by atoms with E-state index in [1.54, 1.807) is 0 Å². The van der Waals surface area contributed by atoms with Gasteiger partial charge in [0.1, 0.15) is 11.9 Å². The van der Waals surface area contributed by atoms with E-state index in [2.05, 4.69) is 20.0 Å². The number of nitrogens with zero attached hydrogens (tertiary/aromatic N) is 2. The van der Waals surface area contributed by atoms with Gasteiger partial charge in [0.15, 0.2) is 23.0 Å². The molecule has 3 aromatic rings. The molecular formula is C16H12F3N3O4S. The summed E-state index contributed by atoms with van der Waals surface area (Å²) >= 11 is 1.02. The normalized spacial score (nSPS) is 17.4. The quantitative estimate of drug-likeness (QED) is 0.705. The van der Waals surface area contributed by atoms with E-state index in [1.807, 2.05) is 0 Å². The SMILES string of the molecule is O=C(Nc1nc2ccc(OC(F)(F)F)cc2s1)c1ncoc1C1CCCO1. The first kappa shape index (κ1) is 17.7. The number of carbonyl (C=O) groups is 1. The molecule has 0 saturated carbocycles. The van der Waals surface area contributed by atoms with Crippen molar-refractivity contribution in [2.24, 2.45) is 0 Å². The van der Waals surface area contributed by atoms with Crippen LogP contribution < -0.4 is 10.1 Å². The van der Waals surface area contributed by atoms with Gasteiger partial charge in [-0.25, -0.2) is 9.97 Å². The molecule has 11 heteroatoms. The summed E-state index contributed by atoms with van der Waals surface area (Å²) in [5.41, 5.74) is 0.534. The van der Waals surface area contributed by atoms with Crippen LogP contribution in [0.2, 0.25) is 0 Å². The van der Waals surface area contributed by atoms with Crippen LogP contribution >= 0.6 is 11.3 Å². The summed E-state index contributed by atoms with van der Waals surface area (Å²) in [6.45, 7) is 0.590. The van der Waals surface area contributed by atoms with Crippen molar-refractivity contribution in [3.05, 3.63) is 36.0 Å². The van der Waals surface area contributed by atoms with Crippen LogP contribution in [0.4, 0.5) is 18.3 Å². The highest BCUT2D eigenvalue weighted by Gasteiger charge is 2.31. The fourth-order valence-corrected chi connectivity index (χ4v) is 3.64. The van der Waals surface area contributed by atoms with Crippen LogP contribution in [0.1, 0.15) is 35.2 Å². The van der Waals surface area contributed by atoms with Crippen LogP contribution in [0.3, 0.4) is 0 Å². The minimum Gasteiger partial charge on any atom is -0.445 e. The third kappa shape index (κ3) is 3.88. The average molecular weight is 399 g/mol. The standard InChI is InChI=1S/C16H12F3N3O4S/c17-16(18,19)26-8-3-4-9-11(6-8)27-15(21-9)22-14(23)12-13(25-7-20-12)10-2-1-5-24-10/h3-4,6-7,10H,1-2,5H2,(H,21,22,23). The Kier molecular flexibility index (Phi) is 4.48. The zero-order chi connectivity index (χ0) is 19.0. The molecule has 2 aromatic heterocycles. The number of hydrogen-bond donors (Lipinski definition) is 1. The minimum absolute atomic E-state index is 0.0993. The summed E-state index contributed by atoms with van der Waals surface area (Å²) in [5.74, 6) is -0.527. The topological polar surface area (TPSA) is 86.5 Å². The van der Waals surface area contributed by atoms with Gasteiger partial charge in [0.2, 0.25) is 0 Å². The zero-order valence-electron chi connectivity index (χ0n) is 13.6. The lowest BCUT2D eigenvalue weighted by atomic mass is 10.1. The number of fused-ring (bicyclic) bond motifs is 1. The Labute approximate surface area is 154 Å². The zero-order valence-corrected chi connectivity index (χ0v) is 14.4. The van der Waals surface area contributed by atoms with Crippen molar-refractivity contribution >= 4 is 32.6 Å². The number of alkyl halides is 3. The minimum atomic E-state index is -4.78. The Morgan fingerprint density at radius 1 is 1.37 bits per heavy atom. The van der Waals surface area contributed by atoms with Crippen LogP contribution in [0.5, 0.6) is 5.75 Å². The molecular weight excluding hydrogens is 387 g/mol. The van der Waals surface area contributed by atoms with E-state index in [0.29, 0.717) is 22.6 Å². The summed E-state index contributed by atoms with van der Waals surface area (Å²) in [5, 5.41) is 2.82. The van der Waals surface area contributed by atoms with E-state index in [4.69, 9.17) is 9.15 Å². The molecule has 1 fully saturated rings. The monoisotopic (exact) mass is 399 g/mol. The first-order valence-corrected chi connectivity index (χ1v) is 8.73. The molecule has 1 saturated heterocycles. The van der Waals surface area contributed by atoms with E-state index in [9.17, 15) is 18.0 Å². The van der Waals surface area contributed by atoms with Gasteiger partial charge in [-0.1, -0.05) is 11.3 Å². The average Bonchev–Trinajstić information content (AvgIpc) is 3.32. The Bertz CT molecular complexity index is 979. The van der Waals surface area contributed by atoms with Crippen molar-refractivity contribution in [2.45, 2.75) is 25.3 Å². The van der Waals surface area contributed by atoms with E-state index in [-0.39, 0.29) is 22.7 Å². The van der Waals surface area contributed by atoms with Crippen LogP contribution in [0, 0.1) is 0 Å². The molecule has 0 bridgehead atoms. The fourth-order valence-electron chi connectivity index (χ4n) is 2.75. The maximum Gasteiger partial charge on any atom is 0.573 e. The molecule has 0 aliphatic carbocycles. The second kappa shape index (κ2) is 6.82. The van der Waals surface area contributed by atoms with E-state index < -0.39 is 12.3 Å². The van der Waals surface area contributed by atoms with Crippen molar-refractivity contribution in [3.8, 4) is 5.75 Å². The van der Waals surface area contributed by atoms with Crippen molar-refractivity contribution in [3.63, 3.8) is 0 Å². The molecule has 1 atom stereocenters. The molecule has 1 amide bonds. The van der Waals surface area contributed by atoms with E-state index >= 15 is 0 Å². The number of aromatic nitrogens is 2. The summed E-state index contributed by atoms with van der Waals surface area (Å²) < 4.78 is 52.1. The number of rotatable bonds is 4. The number of halogens is 3. The van der Waals surface area contributed by atoms with Crippen molar-refractivity contribution < 1.29 is 31.9 Å². The number of thiazole rings is 1. The highest BCUT2D eigenvalue weighted by Crippen LogP contribution is 2.33. The lowest BCUT2D eigenvalue weighted by Crippen LogP contribution is -2.16. The predicted octanol–water partition coefficient (Wildman–Crippen LogP) is 4.29. The fraction of sp³-hybridized carbons (Fsp3) is 0.312. The van der Waals surface area contributed by atoms with Gasteiger partial charge in [-0.2, -0.15) is 0 Å². The molecule has 1 unspecified atom stereocenters. The molecule has 3 heterocycles. The maximum atomic E-state index is 12.5. The summed E-state index contributed by atoms with van der Waals surface area (Å²) in [4.78, 5) is 20.6. The largest absolute Gasteiger partial charge is 0.573 e. The molecule has 142 valence electrons. The van der Waals surface area contributed by atoms with Gasteiger partial charge >= 0.3 is 6.36 Å². The first-order valence-electron chi connectivity index (χ1n) is 7.92. The highest BCUT2D eigenvalue weighted by molar-refractivity contribution is 7.22. The van der Waals surface area contributed by atoms with Crippen molar-refractivity contribution in [1.29, 1.82) is 0 Å². The van der Waals surface area contributed by atoms with Gasteiger partial charge in [0.05, 0.1) is 10.2 Å². The molecule has 0 radical (unpaired) electrons. The van der Waals surface area contributed by atoms with Gasteiger partial charge in [0.25, 0.3) is 5.91 Å². The second-order valence-corrected chi connectivity index (χ2v) is 6.75. The number of benzene rings is 1.